The van der Waals surface area contributed by atoms with Gasteiger partial charge in [0.25, 0.3) is 11.8 Å². The van der Waals surface area contributed by atoms with Crippen molar-refractivity contribution in [3.8, 4) is 0 Å². The molecule has 10 nitrogen and oxygen atoms in total. The summed E-state index contributed by atoms with van der Waals surface area (Å²) in [7, 11) is -3.32. The first-order chi connectivity index (χ1) is 16.9. The van der Waals surface area contributed by atoms with E-state index < -0.39 is 15.7 Å². The first kappa shape index (κ1) is 23.9. The molecule has 2 saturated heterocycles. The molecule has 1 N–H and O–H groups in total. The number of aromatic nitrogens is 1. The highest BCUT2D eigenvalue weighted by atomic mass is 32.2. The second kappa shape index (κ2) is 10.0. The van der Waals surface area contributed by atoms with Crippen molar-refractivity contribution in [2.75, 3.05) is 44.7 Å². The van der Waals surface area contributed by atoms with Crippen molar-refractivity contribution in [3.63, 3.8) is 0 Å². The van der Waals surface area contributed by atoms with Crippen molar-refractivity contribution in [2.24, 2.45) is 5.10 Å². The number of morpholine rings is 1. The molecule has 0 radical (unpaired) electrons. The van der Waals surface area contributed by atoms with Crippen molar-refractivity contribution in [1.29, 1.82) is 0 Å². The number of nitrogens with one attached hydrogen (secondary N) is 1. The van der Waals surface area contributed by atoms with Crippen LogP contribution in [0.25, 0.3) is 0 Å². The van der Waals surface area contributed by atoms with Crippen LogP contribution in [0, 0.1) is 0 Å². The molecule has 1 aromatic carbocycles. The molecule has 3 fully saturated rings. The third-order valence-electron chi connectivity index (χ3n) is 6.19. The van der Waals surface area contributed by atoms with E-state index in [4.69, 9.17) is 4.74 Å². The maximum Gasteiger partial charge on any atom is 0.278 e. The normalized spacial score (nSPS) is 19.1. The van der Waals surface area contributed by atoms with E-state index in [-0.39, 0.29) is 21.8 Å². The number of hydrogen-bond donors (Lipinski definition) is 1. The molecule has 3 aliphatic rings. The molecule has 1 saturated carbocycles. The number of amides is 2. The van der Waals surface area contributed by atoms with E-state index in [0.29, 0.717) is 54.7 Å². The Hall–Kier alpha value is -2.83. The number of hydrazone groups is 1. The zero-order chi connectivity index (χ0) is 24.4. The van der Waals surface area contributed by atoms with Gasteiger partial charge in [0.2, 0.25) is 0 Å². The fourth-order valence-electron chi connectivity index (χ4n) is 4.06. The highest BCUT2D eigenvalue weighted by Crippen LogP contribution is 2.33. The number of sulfone groups is 1. The minimum absolute atomic E-state index is 0.135. The molecule has 5 rings (SSSR count). The van der Waals surface area contributed by atoms with Crippen molar-refractivity contribution >= 4 is 43.8 Å². The Morgan fingerprint density at radius 1 is 1.06 bits per heavy atom. The molecule has 1 aromatic heterocycles. The van der Waals surface area contributed by atoms with Gasteiger partial charge in [-0.2, -0.15) is 5.10 Å². The predicted octanol–water partition coefficient (Wildman–Crippen LogP) is 1.99. The van der Waals surface area contributed by atoms with Gasteiger partial charge in [0, 0.05) is 31.7 Å². The molecule has 0 spiro atoms. The summed E-state index contributed by atoms with van der Waals surface area (Å²) in [6, 6.07) is 6.33. The largest absolute Gasteiger partial charge is 0.378 e. The molecule has 0 unspecified atom stereocenters. The van der Waals surface area contributed by atoms with Gasteiger partial charge in [-0.15, -0.1) is 0 Å². The van der Waals surface area contributed by atoms with Crippen molar-refractivity contribution in [1.82, 2.24) is 14.9 Å². The van der Waals surface area contributed by atoms with Gasteiger partial charge in [-0.25, -0.2) is 13.4 Å². The second-order valence-corrected chi connectivity index (χ2v) is 12.0. The first-order valence-corrected chi connectivity index (χ1v) is 14.1. The number of nitrogens with zero attached hydrogens (tertiary/aromatic N) is 4. The van der Waals surface area contributed by atoms with Crippen molar-refractivity contribution in [3.05, 3.63) is 40.9 Å². The summed E-state index contributed by atoms with van der Waals surface area (Å²) in [6.45, 7) is 3.56. The Balaban J connectivity index is 1.34. The lowest BCUT2D eigenvalue weighted by Crippen LogP contribution is -2.40. The number of carbonyl (C=O) groups is 2. The quantitative estimate of drug-likeness (QED) is 0.558. The van der Waals surface area contributed by atoms with E-state index in [0.717, 1.165) is 37.3 Å². The van der Waals surface area contributed by atoms with Crippen LogP contribution < -0.4 is 5.32 Å². The Bertz CT molecular complexity index is 1230. The third kappa shape index (κ3) is 5.39. The molecule has 2 amide bonds. The molecule has 186 valence electrons. The predicted molar refractivity (Wildman–Crippen MR) is 131 cm³/mol. The van der Waals surface area contributed by atoms with E-state index in [2.05, 4.69) is 15.4 Å². The van der Waals surface area contributed by atoms with E-state index in [1.807, 2.05) is 5.01 Å². The molecule has 0 atom stereocenters. The van der Waals surface area contributed by atoms with Gasteiger partial charge in [-0.3, -0.25) is 19.9 Å². The summed E-state index contributed by atoms with van der Waals surface area (Å²) in [5.74, 6) is -0.598. The van der Waals surface area contributed by atoms with Crippen LogP contribution in [-0.4, -0.2) is 85.5 Å². The van der Waals surface area contributed by atoms with Crippen LogP contribution in [0.4, 0.5) is 5.13 Å². The smallest absolute Gasteiger partial charge is 0.278 e. The number of benzene rings is 1. The average molecular weight is 518 g/mol. The van der Waals surface area contributed by atoms with Crippen LogP contribution in [0.5, 0.6) is 0 Å². The van der Waals surface area contributed by atoms with Gasteiger partial charge < -0.3 is 9.64 Å². The lowest BCUT2D eigenvalue weighted by atomic mass is 10.1. The standard InChI is InChI=1S/C23H27N5O5S2/c29-21(25-23-24-15-19(34-23)22(30)27-11-13-33-14-12-27)20(26-28-9-1-2-10-28)16-3-5-17(6-4-16)35(31,32)18-7-8-18/h3-6,15,18H,1-2,7-14H2,(H,24,25,29)/b26-20+. The van der Waals surface area contributed by atoms with Crippen molar-refractivity contribution < 1.29 is 22.7 Å². The zero-order valence-corrected chi connectivity index (χ0v) is 20.8. The van der Waals surface area contributed by atoms with Gasteiger partial charge >= 0.3 is 0 Å². The molecule has 2 aromatic rings. The van der Waals surface area contributed by atoms with Crippen LogP contribution >= 0.6 is 11.3 Å². The van der Waals surface area contributed by atoms with Gasteiger partial charge in [0.1, 0.15) is 4.88 Å². The molecule has 3 heterocycles. The number of anilines is 1. The molecule has 35 heavy (non-hydrogen) atoms. The number of carbonyl (C=O) groups excluding carboxylic acids is 2. The Morgan fingerprint density at radius 2 is 1.74 bits per heavy atom. The van der Waals surface area contributed by atoms with Crippen LogP contribution in [-0.2, 0) is 19.4 Å². The summed E-state index contributed by atoms with van der Waals surface area (Å²) >= 11 is 1.11. The van der Waals surface area contributed by atoms with Crippen molar-refractivity contribution in [2.45, 2.75) is 35.8 Å². The number of rotatable bonds is 7. The fourth-order valence-corrected chi connectivity index (χ4v) is 6.50. The van der Waals surface area contributed by atoms with E-state index in [9.17, 15) is 18.0 Å². The summed E-state index contributed by atoms with van der Waals surface area (Å²) in [6.07, 6.45) is 4.84. The highest BCUT2D eigenvalue weighted by Gasteiger charge is 2.37. The number of thiazole rings is 1. The van der Waals surface area contributed by atoms with E-state index in [1.165, 1.54) is 18.3 Å². The first-order valence-electron chi connectivity index (χ1n) is 11.7. The second-order valence-electron chi connectivity index (χ2n) is 8.77. The van der Waals surface area contributed by atoms with Crippen LogP contribution in [0.15, 0.2) is 40.5 Å². The molecule has 2 aliphatic heterocycles. The lowest BCUT2D eigenvalue weighted by Gasteiger charge is -2.26. The number of ether oxygens (including phenoxy) is 1. The molecule has 12 heteroatoms. The minimum atomic E-state index is -3.32. The average Bonchev–Trinajstić information content (AvgIpc) is 3.44. The minimum Gasteiger partial charge on any atom is -0.378 e. The molecular weight excluding hydrogens is 490 g/mol. The van der Waals surface area contributed by atoms with Crippen LogP contribution in [0.1, 0.15) is 40.9 Å². The summed E-state index contributed by atoms with van der Waals surface area (Å²) in [5.41, 5.74) is 0.698. The SMILES string of the molecule is O=C(Nc1ncc(C(=O)N2CCOCC2)s1)/C(=N/N1CCCC1)c1ccc(S(=O)(=O)C2CC2)cc1. The van der Waals surface area contributed by atoms with Gasteiger partial charge in [-0.1, -0.05) is 23.5 Å². The lowest BCUT2D eigenvalue weighted by molar-refractivity contribution is -0.110. The van der Waals surface area contributed by atoms with E-state index in [1.54, 1.807) is 17.0 Å². The third-order valence-corrected chi connectivity index (χ3v) is 9.37. The maximum atomic E-state index is 13.2. The Labute approximate surface area is 207 Å². The Kier molecular flexibility index (Phi) is 6.85. The highest BCUT2D eigenvalue weighted by molar-refractivity contribution is 7.92. The summed E-state index contributed by atoms with van der Waals surface area (Å²) in [4.78, 5) is 32.6. The summed E-state index contributed by atoms with van der Waals surface area (Å²) in [5, 5.41) is 9.18. The van der Waals surface area contributed by atoms with Crippen LogP contribution in [0.3, 0.4) is 0 Å². The van der Waals surface area contributed by atoms with Gasteiger partial charge in [0.15, 0.2) is 20.7 Å². The Morgan fingerprint density at radius 3 is 2.40 bits per heavy atom. The van der Waals surface area contributed by atoms with Crippen LogP contribution in [0.2, 0.25) is 0 Å². The van der Waals surface area contributed by atoms with Gasteiger partial charge in [-0.05, 0) is 37.8 Å². The number of hydrogen-bond acceptors (Lipinski definition) is 9. The fraction of sp³-hybridized carbons (Fsp3) is 0.478. The topological polar surface area (TPSA) is 121 Å². The zero-order valence-electron chi connectivity index (χ0n) is 19.2. The van der Waals surface area contributed by atoms with Gasteiger partial charge in [0.05, 0.1) is 29.6 Å². The molecule has 0 bridgehead atoms. The monoisotopic (exact) mass is 517 g/mol. The molecule has 1 aliphatic carbocycles. The van der Waals surface area contributed by atoms with E-state index >= 15 is 0 Å². The summed E-state index contributed by atoms with van der Waals surface area (Å²) < 4.78 is 30.4. The maximum absolute atomic E-state index is 13.2. The molecular formula is C23H27N5O5S2.